The summed E-state index contributed by atoms with van der Waals surface area (Å²) in [5.41, 5.74) is 1.39. The first-order chi connectivity index (χ1) is 12.1. The second-order valence-corrected chi connectivity index (χ2v) is 7.03. The standard InChI is InChI=1S/C16H12BrN5OS2/c17-12-9-5-4-8-11(12)13(23)19-15-21-22-16(25-15)20-14(24)18-10-6-2-1-3-7-10/h1-9H,(H,19,21,23)(H2,18,20,22,24). The molecule has 3 N–H and O–H groups in total. The highest BCUT2D eigenvalue weighted by molar-refractivity contribution is 9.10. The molecule has 0 atom stereocenters. The molecule has 0 saturated heterocycles. The number of benzene rings is 2. The van der Waals surface area contributed by atoms with Crippen molar-refractivity contribution in [3.05, 3.63) is 64.6 Å². The summed E-state index contributed by atoms with van der Waals surface area (Å²) >= 11 is 9.77. The molecule has 0 aliphatic rings. The third kappa shape index (κ3) is 4.81. The van der Waals surface area contributed by atoms with Gasteiger partial charge in [-0.05, 0) is 52.4 Å². The summed E-state index contributed by atoms with van der Waals surface area (Å²) in [5, 5.41) is 17.9. The number of thiocarbonyl (C=S) groups is 1. The van der Waals surface area contributed by atoms with Crippen molar-refractivity contribution in [2.24, 2.45) is 0 Å². The molecule has 9 heteroatoms. The largest absolute Gasteiger partial charge is 0.332 e. The maximum Gasteiger partial charge on any atom is 0.258 e. The van der Waals surface area contributed by atoms with Crippen LogP contribution in [0.1, 0.15) is 10.4 Å². The Labute approximate surface area is 161 Å². The Bertz CT molecular complexity index is 900. The Kier molecular flexibility index (Phi) is 5.69. The fourth-order valence-corrected chi connectivity index (χ4v) is 3.30. The monoisotopic (exact) mass is 433 g/mol. The summed E-state index contributed by atoms with van der Waals surface area (Å²) in [4.78, 5) is 12.2. The number of anilines is 3. The smallest absolute Gasteiger partial charge is 0.258 e. The molecule has 0 fully saturated rings. The van der Waals surface area contributed by atoms with Gasteiger partial charge in [0.05, 0.1) is 5.56 Å². The predicted molar refractivity (Wildman–Crippen MR) is 108 cm³/mol. The van der Waals surface area contributed by atoms with Crippen LogP contribution in [0.4, 0.5) is 16.0 Å². The number of nitrogens with one attached hydrogen (secondary N) is 3. The maximum absolute atomic E-state index is 12.2. The van der Waals surface area contributed by atoms with E-state index in [0.717, 1.165) is 5.69 Å². The normalized spacial score (nSPS) is 10.1. The van der Waals surface area contributed by atoms with E-state index in [2.05, 4.69) is 42.1 Å². The molecule has 0 aliphatic heterocycles. The molecule has 0 bridgehead atoms. The van der Waals surface area contributed by atoms with Crippen LogP contribution >= 0.6 is 39.5 Å². The number of hydrogen-bond acceptors (Lipinski definition) is 5. The number of aromatic nitrogens is 2. The van der Waals surface area contributed by atoms with Gasteiger partial charge in [0, 0.05) is 10.2 Å². The first kappa shape index (κ1) is 17.5. The molecule has 0 radical (unpaired) electrons. The van der Waals surface area contributed by atoms with Crippen molar-refractivity contribution in [3.63, 3.8) is 0 Å². The Morgan fingerprint density at radius 1 is 0.920 bits per heavy atom. The summed E-state index contributed by atoms with van der Waals surface area (Å²) < 4.78 is 0.712. The minimum absolute atomic E-state index is 0.264. The Morgan fingerprint density at radius 3 is 2.28 bits per heavy atom. The van der Waals surface area contributed by atoms with Crippen molar-refractivity contribution in [2.45, 2.75) is 0 Å². The molecule has 0 saturated carbocycles. The number of carbonyl (C=O) groups excluding carboxylic acids is 1. The number of rotatable bonds is 4. The number of hydrogen-bond donors (Lipinski definition) is 3. The molecular formula is C16H12BrN5OS2. The molecule has 1 heterocycles. The molecule has 0 spiro atoms. The van der Waals surface area contributed by atoms with Crippen LogP contribution in [0.3, 0.4) is 0 Å². The van der Waals surface area contributed by atoms with Crippen molar-refractivity contribution in [1.29, 1.82) is 0 Å². The fraction of sp³-hybridized carbons (Fsp3) is 0. The average Bonchev–Trinajstić information content (AvgIpc) is 3.02. The number of nitrogens with zero attached hydrogens (tertiary/aromatic N) is 2. The fourth-order valence-electron chi connectivity index (χ4n) is 1.92. The van der Waals surface area contributed by atoms with Crippen molar-refractivity contribution in [2.75, 3.05) is 16.0 Å². The molecule has 0 unspecified atom stereocenters. The van der Waals surface area contributed by atoms with Crippen LogP contribution in [0.5, 0.6) is 0 Å². The molecule has 2 aromatic carbocycles. The third-order valence-corrected chi connectivity index (χ3v) is 4.67. The zero-order valence-electron chi connectivity index (χ0n) is 12.7. The van der Waals surface area contributed by atoms with E-state index in [-0.39, 0.29) is 5.91 Å². The highest BCUT2D eigenvalue weighted by Gasteiger charge is 2.13. The van der Waals surface area contributed by atoms with E-state index in [1.54, 1.807) is 18.2 Å². The molecule has 3 rings (SSSR count). The van der Waals surface area contributed by atoms with Crippen molar-refractivity contribution in [3.8, 4) is 0 Å². The van der Waals surface area contributed by atoms with E-state index >= 15 is 0 Å². The second kappa shape index (κ2) is 8.15. The highest BCUT2D eigenvalue weighted by Crippen LogP contribution is 2.22. The van der Waals surface area contributed by atoms with E-state index in [1.165, 1.54) is 11.3 Å². The molecule has 6 nitrogen and oxygen atoms in total. The summed E-state index contributed by atoms with van der Waals surface area (Å²) in [7, 11) is 0. The van der Waals surface area contributed by atoms with Gasteiger partial charge in [-0.2, -0.15) is 0 Å². The summed E-state index contributed by atoms with van der Waals surface area (Å²) in [6, 6.07) is 16.7. The Balaban J connectivity index is 1.60. The Hall–Kier alpha value is -2.36. The summed E-state index contributed by atoms with van der Waals surface area (Å²) in [6.45, 7) is 0. The van der Waals surface area contributed by atoms with E-state index in [9.17, 15) is 4.79 Å². The van der Waals surface area contributed by atoms with Crippen molar-refractivity contribution in [1.82, 2.24) is 10.2 Å². The Morgan fingerprint density at radius 2 is 1.56 bits per heavy atom. The minimum Gasteiger partial charge on any atom is -0.332 e. The van der Waals surface area contributed by atoms with Crippen LogP contribution in [0.25, 0.3) is 0 Å². The van der Waals surface area contributed by atoms with Crippen LogP contribution in [-0.4, -0.2) is 21.2 Å². The van der Waals surface area contributed by atoms with Crippen LogP contribution in [0, 0.1) is 0 Å². The van der Waals surface area contributed by atoms with Gasteiger partial charge in [-0.25, -0.2) is 0 Å². The maximum atomic E-state index is 12.2. The molecule has 25 heavy (non-hydrogen) atoms. The first-order valence-electron chi connectivity index (χ1n) is 7.14. The van der Waals surface area contributed by atoms with Crippen molar-refractivity contribution >= 4 is 66.5 Å². The average molecular weight is 434 g/mol. The van der Waals surface area contributed by atoms with Gasteiger partial charge < -0.3 is 10.6 Å². The number of carbonyl (C=O) groups is 1. The molecule has 1 aromatic heterocycles. The summed E-state index contributed by atoms with van der Waals surface area (Å²) in [6.07, 6.45) is 0. The van der Waals surface area contributed by atoms with Gasteiger partial charge in [-0.3, -0.25) is 10.1 Å². The van der Waals surface area contributed by atoms with Gasteiger partial charge >= 0.3 is 0 Å². The molecule has 1 amide bonds. The van der Waals surface area contributed by atoms with Gasteiger partial charge in [0.1, 0.15) is 0 Å². The van der Waals surface area contributed by atoms with Crippen LogP contribution in [0.2, 0.25) is 0 Å². The van der Waals surface area contributed by atoms with Gasteiger partial charge in [0.25, 0.3) is 5.91 Å². The van der Waals surface area contributed by atoms with Gasteiger partial charge in [-0.1, -0.05) is 41.7 Å². The highest BCUT2D eigenvalue weighted by atomic mass is 79.9. The van der Waals surface area contributed by atoms with Crippen LogP contribution in [0.15, 0.2) is 59.1 Å². The van der Waals surface area contributed by atoms with E-state index in [1.807, 2.05) is 36.4 Å². The zero-order chi connectivity index (χ0) is 17.6. The van der Waals surface area contributed by atoms with Crippen LogP contribution < -0.4 is 16.0 Å². The molecular weight excluding hydrogens is 422 g/mol. The zero-order valence-corrected chi connectivity index (χ0v) is 15.9. The number of para-hydroxylation sites is 1. The lowest BCUT2D eigenvalue weighted by atomic mass is 10.2. The predicted octanol–water partition coefficient (Wildman–Crippen LogP) is 4.36. The van der Waals surface area contributed by atoms with Gasteiger partial charge in [0.2, 0.25) is 10.3 Å². The van der Waals surface area contributed by atoms with E-state index in [4.69, 9.17) is 12.2 Å². The van der Waals surface area contributed by atoms with Crippen molar-refractivity contribution < 1.29 is 4.79 Å². The topological polar surface area (TPSA) is 78.9 Å². The van der Waals surface area contributed by atoms with Gasteiger partial charge in [-0.15, -0.1) is 10.2 Å². The molecule has 3 aromatic rings. The second-order valence-electron chi connectivity index (χ2n) is 4.79. The molecule has 0 aliphatic carbocycles. The number of amides is 1. The lowest BCUT2D eigenvalue weighted by Gasteiger charge is -2.07. The minimum atomic E-state index is -0.264. The SMILES string of the molecule is O=C(Nc1nnc(NC(=S)Nc2ccccc2)s1)c1ccccc1Br. The third-order valence-electron chi connectivity index (χ3n) is 3.02. The quantitative estimate of drug-likeness (QED) is 0.530. The van der Waals surface area contributed by atoms with E-state index in [0.29, 0.717) is 25.4 Å². The van der Waals surface area contributed by atoms with Crippen LogP contribution in [-0.2, 0) is 0 Å². The van der Waals surface area contributed by atoms with Gasteiger partial charge in [0.15, 0.2) is 5.11 Å². The summed E-state index contributed by atoms with van der Waals surface area (Å²) in [5.74, 6) is -0.264. The molecule has 126 valence electrons. The van der Waals surface area contributed by atoms with E-state index < -0.39 is 0 Å². The lowest BCUT2D eigenvalue weighted by Crippen LogP contribution is -2.18. The lowest BCUT2D eigenvalue weighted by molar-refractivity contribution is 0.102. The first-order valence-corrected chi connectivity index (χ1v) is 9.16. The number of halogens is 1.